The first-order chi connectivity index (χ1) is 12.6. The maximum atomic E-state index is 12.4. The highest BCUT2D eigenvalue weighted by Gasteiger charge is 2.25. The van der Waals surface area contributed by atoms with E-state index >= 15 is 0 Å². The lowest BCUT2D eigenvalue weighted by molar-refractivity contribution is -0.110. The summed E-state index contributed by atoms with van der Waals surface area (Å²) in [5.74, 6) is 0.111. The molecule has 0 bridgehead atoms. The number of unbranched alkanes of at least 4 members (excludes halogenated alkanes) is 1. The van der Waals surface area contributed by atoms with Gasteiger partial charge in [0.05, 0.1) is 19.3 Å². The van der Waals surface area contributed by atoms with Gasteiger partial charge >= 0.3 is 5.97 Å². The average Bonchev–Trinajstić information content (AvgIpc) is 2.97. The van der Waals surface area contributed by atoms with Crippen LogP contribution in [0.2, 0.25) is 0 Å². The zero-order valence-electron chi connectivity index (χ0n) is 14.9. The number of benzene rings is 2. The van der Waals surface area contributed by atoms with Gasteiger partial charge in [-0.15, -0.1) is 0 Å². The molecule has 5 nitrogen and oxygen atoms in total. The number of hydrogen-bond acceptors (Lipinski definition) is 4. The fraction of sp³-hybridized carbons (Fsp3) is 0.238. The highest BCUT2D eigenvalue weighted by atomic mass is 16.5. The molecule has 2 aromatic rings. The standard InChI is InChI=1S/C21H21NO4/c1-3-4-11-26-19-8-6-5-7-14(19)12-17-16-10-9-15(21(24)25-2)13-18(16)22-20(17)23/h5-10,12-13H,3-4,11H2,1-2H3,(H,22,23)/b17-12-. The molecule has 1 aliphatic rings. The van der Waals surface area contributed by atoms with E-state index in [9.17, 15) is 9.59 Å². The first-order valence-corrected chi connectivity index (χ1v) is 8.61. The SMILES string of the molecule is CCCCOc1ccccc1/C=C1\C(=O)Nc2cc(C(=O)OC)ccc21. The van der Waals surface area contributed by atoms with Crippen molar-refractivity contribution in [2.45, 2.75) is 19.8 Å². The topological polar surface area (TPSA) is 64.6 Å². The van der Waals surface area contributed by atoms with Crippen LogP contribution in [0.25, 0.3) is 11.6 Å². The number of para-hydroxylation sites is 1. The minimum absolute atomic E-state index is 0.203. The number of carbonyl (C=O) groups is 2. The van der Waals surface area contributed by atoms with Gasteiger partial charge in [0.2, 0.25) is 0 Å². The number of hydrogen-bond donors (Lipinski definition) is 1. The van der Waals surface area contributed by atoms with Crippen molar-refractivity contribution in [2.75, 3.05) is 19.0 Å². The molecular weight excluding hydrogens is 330 g/mol. The molecule has 0 saturated heterocycles. The smallest absolute Gasteiger partial charge is 0.337 e. The van der Waals surface area contributed by atoms with Crippen molar-refractivity contribution >= 4 is 29.2 Å². The van der Waals surface area contributed by atoms with Crippen LogP contribution in [0.3, 0.4) is 0 Å². The third-order valence-corrected chi connectivity index (χ3v) is 4.20. The van der Waals surface area contributed by atoms with Crippen molar-refractivity contribution in [1.82, 2.24) is 0 Å². The second-order valence-electron chi connectivity index (χ2n) is 6.00. The first kappa shape index (κ1) is 17.7. The zero-order chi connectivity index (χ0) is 18.5. The average molecular weight is 351 g/mol. The minimum Gasteiger partial charge on any atom is -0.493 e. The van der Waals surface area contributed by atoms with Crippen molar-refractivity contribution in [3.8, 4) is 5.75 Å². The van der Waals surface area contributed by atoms with E-state index in [1.807, 2.05) is 30.3 Å². The Labute approximate surface area is 152 Å². The summed E-state index contributed by atoms with van der Waals surface area (Å²) in [4.78, 5) is 24.1. The molecule has 5 heteroatoms. The maximum Gasteiger partial charge on any atom is 0.337 e. The summed E-state index contributed by atoms with van der Waals surface area (Å²) >= 11 is 0. The van der Waals surface area contributed by atoms with E-state index < -0.39 is 5.97 Å². The van der Waals surface area contributed by atoms with Gasteiger partial charge in [-0.3, -0.25) is 4.79 Å². The Balaban J connectivity index is 1.94. The highest BCUT2D eigenvalue weighted by Crippen LogP contribution is 2.35. The van der Waals surface area contributed by atoms with Gasteiger partial charge in [0.1, 0.15) is 5.75 Å². The summed E-state index contributed by atoms with van der Waals surface area (Å²) in [6.07, 6.45) is 3.85. The Kier molecular flexibility index (Phi) is 5.37. The maximum absolute atomic E-state index is 12.4. The number of anilines is 1. The van der Waals surface area contributed by atoms with Crippen LogP contribution in [0.4, 0.5) is 5.69 Å². The van der Waals surface area contributed by atoms with Gasteiger partial charge in [0.15, 0.2) is 0 Å². The van der Waals surface area contributed by atoms with Gasteiger partial charge < -0.3 is 14.8 Å². The number of fused-ring (bicyclic) bond motifs is 1. The Bertz CT molecular complexity index is 870. The third-order valence-electron chi connectivity index (χ3n) is 4.20. The molecular formula is C21H21NO4. The fourth-order valence-electron chi connectivity index (χ4n) is 2.80. The van der Waals surface area contributed by atoms with Crippen LogP contribution in [-0.4, -0.2) is 25.6 Å². The number of nitrogens with one attached hydrogen (secondary N) is 1. The second-order valence-corrected chi connectivity index (χ2v) is 6.00. The lowest BCUT2D eigenvalue weighted by atomic mass is 10.0. The lowest BCUT2D eigenvalue weighted by Gasteiger charge is -2.09. The van der Waals surface area contributed by atoms with Crippen LogP contribution in [0.15, 0.2) is 42.5 Å². The largest absolute Gasteiger partial charge is 0.493 e. The van der Waals surface area contributed by atoms with Crippen LogP contribution in [0.5, 0.6) is 5.75 Å². The summed E-state index contributed by atoms with van der Waals surface area (Å²) in [5, 5.41) is 2.80. The Morgan fingerprint density at radius 2 is 2.00 bits per heavy atom. The Morgan fingerprint density at radius 1 is 1.19 bits per heavy atom. The molecule has 0 aromatic heterocycles. The molecule has 3 rings (SSSR count). The zero-order valence-corrected chi connectivity index (χ0v) is 14.9. The number of rotatable bonds is 6. The summed E-state index contributed by atoms with van der Waals surface area (Å²) in [6, 6.07) is 12.7. The van der Waals surface area contributed by atoms with Gasteiger partial charge in [-0.25, -0.2) is 4.79 Å². The van der Waals surface area contributed by atoms with E-state index in [0.29, 0.717) is 23.4 Å². The lowest BCUT2D eigenvalue weighted by Crippen LogP contribution is -2.04. The molecule has 0 saturated carbocycles. The summed E-state index contributed by atoms with van der Waals surface area (Å²) < 4.78 is 10.6. The monoisotopic (exact) mass is 351 g/mol. The van der Waals surface area contributed by atoms with Crippen molar-refractivity contribution in [3.63, 3.8) is 0 Å². The summed E-state index contributed by atoms with van der Waals surface area (Å²) in [5.41, 5.74) is 3.15. The summed E-state index contributed by atoms with van der Waals surface area (Å²) in [7, 11) is 1.33. The number of carbonyl (C=O) groups excluding carboxylic acids is 2. The van der Waals surface area contributed by atoms with Crippen molar-refractivity contribution in [3.05, 3.63) is 59.2 Å². The van der Waals surface area contributed by atoms with Gasteiger partial charge in [-0.1, -0.05) is 37.6 Å². The summed E-state index contributed by atoms with van der Waals surface area (Å²) in [6.45, 7) is 2.75. The molecule has 0 fully saturated rings. The molecule has 2 aromatic carbocycles. The van der Waals surface area contributed by atoms with E-state index in [-0.39, 0.29) is 5.91 Å². The fourth-order valence-corrected chi connectivity index (χ4v) is 2.80. The van der Waals surface area contributed by atoms with Gasteiger partial charge in [-0.2, -0.15) is 0 Å². The number of amides is 1. The molecule has 26 heavy (non-hydrogen) atoms. The van der Waals surface area contributed by atoms with Gasteiger partial charge in [-0.05, 0) is 30.7 Å². The number of esters is 1. The van der Waals surface area contributed by atoms with E-state index in [1.165, 1.54) is 7.11 Å². The van der Waals surface area contributed by atoms with Crippen molar-refractivity contribution in [2.24, 2.45) is 0 Å². The van der Waals surface area contributed by atoms with E-state index in [0.717, 1.165) is 29.7 Å². The van der Waals surface area contributed by atoms with Gasteiger partial charge in [0, 0.05) is 22.4 Å². The van der Waals surface area contributed by atoms with Crippen molar-refractivity contribution < 1.29 is 19.1 Å². The molecule has 0 aliphatic carbocycles. The van der Waals surface area contributed by atoms with E-state index in [4.69, 9.17) is 9.47 Å². The normalized spacial score (nSPS) is 14.1. The quantitative estimate of drug-likeness (QED) is 0.482. The Hall–Kier alpha value is -3.08. The molecule has 1 heterocycles. The highest BCUT2D eigenvalue weighted by molar-refractivity contribution is 6.35. The minimum atomic E-state index is -0.436. The van der Waals surface area contributed by atoms with Gasteiger partial charge in [0.25, 0.3) is 5.91 Å². The van der Waals surface area contributed by atoms with Crippen LogP contribution in [0.1, 0.15) is 41.3 Å². The number of ether oxygens (including phenoxy) is 2. The molecule has 134 valence electrons. The number of methoxy groups -OCH3 is 1. The third kappa shape index (κ3) is 3.61. The molecule has 0 spiro atoms. The van der Waals surface area contributed by atoms with E-state index in [2.05, 4.69) is 12.2 Å². The predicted molar refractivity (Wildman–Crippen MR) is 101 cm³/mol. The molecule has 1 amide bonds. The molecule has 0 atom stereocenters. The first-order valence-electron chi connectivity index (χ1n) is 8.61. The molecule has 1 aliphatic heterocycles. The van der Waals surface area contributed by atoms with Crippen LogP contribution >= 0.6 is 0 Å². The van der Waals surface area contributed by atoms with Crippen LogP contribution in [-0.2, 0) is 9.53 Å². The second kappa shape index (κ2) is 7.87. The molecule has 0 unspecified atom stereocenters. The molecule has 1 N–H and O–H groups in total. The van der Waals surface area contributed by atoms with Crippen LogP contribution in [0, 0.1) is 0 Å². The van der Waals surface area contributed by atoms with Crippen LogP contribution < -0.4 is 10.1 Å². The predicted octanol–water partition coefficient (Wildman–Crippen LogP) is 4.14. The van der Waals surface area contributed by atoms with Crippen molar-refractivity contribution in [1.29, 1.82) is 0 Å². The van der Waals surface area contributed by atoms with E-state index in [1.54, 1.807) is 18.2 Å². The molecule has 0 radical (unpaired) electrons. The Morgan fingerprint density at radius 3 is 2.77 bits per heavy atom.